The topological polar surface area (TPSA) is 79.3 Å². The molecule has 2 N–H and O–H groups in total. The van der Waals surface area contributed by atoms with Crippen molar-refractivity contribution in [2.24, 2.45) is 5.92 Å². The molecular formula is C22H24FN5O2. The molecule has 156 valence electrons. The maximum absolute atomic E-state index is 13.0. The Morgan fingerprint density at radius 1 is 1.10 bits per heavy atom. The van der Waals surface area contributed by atoms with Crippen LogP contribution in [0.15, 0.2) is 48.5 Å². The zero-order valence-electron chi connectivity index (χ0n) is 16.9. The smallest absolute Gasteiger partial charge is 0.324 e. The molecule has 3 aromatic rings. The first-order chi connectivity index (χ1) is 14.4. The van der Waals surface area contributed by atoms with Crippen molar-refractivity contribution in [3.63, 3.8) is 0 Å². The van der Waals surface area contributed by atoms with Gasteiger partial charge in [-0.15, -0.1) is 0 Å². The first-order valence-corrected chi connectivity index (χ1v) is 9.99. The summed E-state index contributed by atoms with van der Waals surface area (Å²) in [4.78, 5) is 31.8. The number of hydrogen-bond donors (Lipinski definition) is 2. The first-order valence-electron chi connectivity index (χ1n) is 9.99. The molecule has 0 bridgehead atoms. The number of nitrogens with zero attached hydrogens (tertiary/aromatic N) is 3. The van der Waals surface area contributed by atoms with E-state index in [0.717, 1.165) is 16.6 Å². The first kappa shape index (κ1) is 19.9. The fourth-order valence-electron chi connectivity index (χ4n) is 3.63. The van der Waals surface area contributed by atoms with Gasteiger partial charge in [-0.3, -0.25) is 9.69 Å². The second-order valence-corrected chi connectivity index (χ2v) is 7.72. The predicted octanol–water partition coefficient (Wildman–Crippen LogP) is 3.05. The standard InChI is InChI=1S/C22H24FN5O2/c1-14(2)19(20(29)24-13-15-7-9-16(23)10-8-15)26-22(30)28-12-11-27-18-6-4-3-5-17(18)25-21(27)28/h3-10,14,19H,11-13H2,1-2H3,(H,24,29)(H,26,30). The number of carbonyl (C=O) groups is 2. The van der Waals surface area contributed by atoms with E-state index in [2.05, 4.69) is 15.6 Å². The molecule has 30 heavy (non-hydrogen) atoms. The fraction of sp³-hybridized carbons (Fsp3) is 0.318. The van der Waals surface area contributed by atoms with Crippen LogP contribution in [-0.2, 0) is 17.9 Å². The molecule has 0 fully saturated rings. The van der Waals surface area contributed by atoms with Gasteiger partial charge in [-0.1, -0.05) is 38.1 Å². The minimum atomic E-state index is -0.698. The Balaban J connectivity index is 1.44. The Hall–Kier alpha value is -3.42. The summed E-state index contributed by atoms with van der Waals surface area (Å²) in [6, 6.07) is 12.6. The number of hydrogen-bond acceptors (Lipinski definition) is 3. The summed E-state index contributed by atoms with van der Waals surface area (Å²) in [5.74, 6) is -0.129. The van der Waals surface area contributed by atoms with Crippen molar-refractivity contribution < 1.29 is 14.0 Å². The van der Waals surface area contributed by atoms with Gasteiger partial charge < -0.3 is 15.2 Å². The molecule has 1 aliphatic heterocycles. The lowest BCUT2D eigenvalue weighted by atomic mass is 10.0. The van der Waals surface area contributed by atoms with Crippen LogP contribution in [0.3, 0.4) is 0 Å². The lowest BCUT2D eigenvalue weighted by molar-refractivity contribution is -0.124. The zero-order valence-corrected chi connectivity index (χ0v) is 16.9. The molecule has 7 nitrogen and oxygen atoms in total. The van der Waals surface area contributed by atoms with Crippen molar-refractivity contribution in [1.82, 2.24) is 20.2 Å². The second-order valence-electron chi connectivity index (χ2n) is 7.72. The highest BCUT2D eigenvalue weighted by Crippen LogP contribution is 2.27. The van der Waals surface area contributed by atoms with E-state index in [1.165, 1.54) is 12.1 Å². The molecule has 0 spiro atoms. The van der Waals surface area contributed by atoms with Crippen molar-refractivity contribution in [2.75, 3.05) is 11.4 Å². The quantitative estimate of drug-likeness (QED) is 0.680. The highest BCUT2D eigenvalue weighted by atomic mass is 19.1. The fourth-order valence-corrected chi connectivity index (χ4v) is 3.63. The minimum absolute atomic E-state index is 0.108. The molecule has 0 saturated heterocycles. The van der Waals surface area contributed by atoms with Gasteiger partial charge in [-0.05, 0) is 35.7 Å². The summed E-state index contributed by atoms with van der Waals surface area (Å²) >= 11 is 0. The maximum atomic E-state index is 13.0. The number of benzene rings is 2. The molecule has 2 heterocycles. The number of halogens is 1. The van der Waals surface area contributed by atoms with Crippen LogP contribution >= 0.6 is 0 Å². The number of rotatable bonds is 5. The van der Waals surface area contributed by atoms with Crippen molar-refractivity contribution >= 4 is 28.9 Å². The summed E-state index contributed by atoms with van der Waals surface area (Å²) in [6.45, 7) is 5.17. The number of urea groups is 1. The molecule has 3 amide bonds. The third-order valence-electron chi connectivity index (χ3n) is 5.28. The van der Waals surface area contributed by atoms with Crippen LogP contribution in [-0.4, -0.2) is 34.1 Å². The van der Waals surface area contributed by atoms with Gasteiger partial charge in [0.1, 0.15) is 11.9 Å². The second kappa shape index (κ2) is 8.14. The van der Waals surface area contributed by atoms with Gasteiger partial charge in [-0.2, -0.15) is 0 Å². The molecule has 1 aromatic heterocycles. The van der Waals surface area contributed by atoms with E-state index in [1.807, 2.05) is 42.7 Å². The van der Waals surface area contributed by atoms with Gasteiger partial charge in [0, 0.05) is 19.6 Å². The number of amides is 3. The predicted molar refractivity (Wildman–Crippen MR) is 112 cm³/mol. The monoisotopic (exact) mass is 409 g/mol. The molecule has 1 aliphatic rings. The Bertz CT molecular complexity index is 1080. The Labute approximate surface area is 173 Å². The van der Waals surface area contributed by atoms with E-state index in [1.54, 1.807) is 17.0 Å². The number of imidazole rings is 1. The molecule has 4 rings (SSSR count). The third kappa shape index (κ3) is 3.85. The molecule has 1 atom stereocenters. The van der Waals surface area contributed by atoms with Gasteiger partial charge in [0.25, 0.3) is 0 Å². The highest BCUT2D eigenvalue weighted by molar-refractivity contribution is 5.96. The average Bonchev–Trinajstić information content (AvgIpc) is 3.30. The summed E-state index contributed by atoms with van der Waals surface area (Å²) < 4.78 is 15.0. The maximum Gasteiger partial charge on any atom is 0.324 e. The number of carbonyl (C=O) groups excluding carboxylic acids is 2. The molecule has 0 saturated carbocycles. The van der Waals surface area contributed by atoms with Crippen LogP contribution in [0.25, 0.3) is 11.0 Å². The number of anilines is 1. The molecule has 1 unspecified atom stereocenters. The molecule has 0 radical (unpaired) electrons. The van der Waals surface area contributed by atoms with Gasteiger partial charge >= 0.3 is 6.03 Å². The SMILES string of the molecule is CC(C)C(NC(=O)N1CCn2c1nc1ccccc12)C(=O)NCc1ccc(F)cc1. The van der Waals surface area contributed by atoms with Crippen molar-refractivity contribution in [3.05, 3.63) is 59.9 Å². The Morgan fingerprint density at radius 3 is 2.57 bits per heavy atom. The lowest BCUT2D eigenvalue weighted by Gasteiger charge is -2.24. The molecule has 2 aromatic carbocycles. The summed E-state index contributed by atoms with van der Waals surface area (Å²) in [6.07, 6.45) is 0. The van der Waals surface area contributed by atoms with E-state index in [-0.39, 0.29) is 30.2 Å². The largest absolute Gasteiger partial charge is 0.350 e. The number of nitrogens with one attached hydrogen (secondary N) is 2. The van der Waals surface area contributed by atoms with Crippen LogP contribution < -0.4 is 15.5 Å². The third-order valence-corrected chi connectivity index (χ3v) is 5.28. The van der Waals surface area contributed by atoms with Crippen LogP contribution in [0, 0.1) is 11.7 Å². The number of para-hydroxylation sites is 2. The molecule has 8 heteroatoms. The molecular weight excluding hydrogens is 385 g/mol. The number of fused-ring (bicyclic) bond motifs is 3. The van der Waals surface area contributed by atoms with Crippen molar-refractivity contribution in [3.8, 4) is 0 Å². The van der Waals surface area contributed by atoms with Crippen LogP contribution in [0.4, 0.5) is 15.1 Å². The summed E-state index contributed by atoms with van der Waals surface area (Å²) in [7, 11) is 0. The summed E-state index contributed by atoms with van der Waals surface area (Å²) in [5, 5.41) is 5.67. The van der Waals surface area contributed by atoms with Gasteiger partial charge in [-0.25, -0.2) is 14.2 Å². The highest BCUT2D eigenvalue weighted by Gasteiger charge is 2.32. The van der Waals surface area contributed by atoms with Crippen LogP contribution in [0.2, 0.25) is 0 Å². The Morgan fingerprint density at radius 2 is 1.83 bits per heavy atom. The van der Waals surface area contributed by atoms with Crippen molar-refractivity contribution in [2.45, 2.75) is 33.0 Å². The van der Waals surface area contributed by atoms with E-state index < -0.39 is 6.04 Å². The average molecular weight is 409 g/mol. The number of aromatic nitrogens is 2. The van der Waals surface area contributed by atoms with E-state index >= 15 is 0 Å². The van der Waals surface area contributed by atoms with E-state index in [4.69, 9.17) is 0 Å². The van der Waals surface area contributed by atoms with Crippen LogP contribution in [0.1, 0.15) is 19.4 Å². The van der Waals surface area contributed by atoms with E-state index in [9.17, 15) is 14.0 Å². The van der Waals surface area contributed by atoms with Gasteiger partial charge in [0.2, 0.25) is 11.9 Å². The molecule has 0 aliphatic carbocycles. The van der Waals surface area contributed by atoms with E-state index in [0.29, 0.717) is 19.0 Å². The van der Waals surface area contributed by atoms with Crippen LogP contribution in [0.5, 0.6) is 0 Å². The normalized spacial score (nSPS) is 14.1. The van der Waals surface area contributed by atoms with Gasteiger partial charge in [0.05, 0.1) is 11.0 Å². The zero-order chi connectivity index (χ0) is 21.3. The van der Waals surface area contributed by atoms with Crippen molar-refractivity contribution in [1.29, 1.82) is 0 Å². The lowest BCUT2D eigenvalue weighted by Crippen LogP contribution is -2.53. The van der Waals surface area contributed by atoms with Gasteiger partial charge in [0.15, 0.2) is 0 Å². The minimum Gasteiger partial charge on any atom is -0.350 e. The summed E-state index contributed by atoms with van der Waals surface area (Å²) in [5.41, 5.74) is 2.61. The Kier molecular flexibility index (Phi) is 5.39.